The third kappa shape index (κ3) is 3.61. The van der Waals surface area contributed by atoms with Crippen molar-refractivity contribution in [2.45, 2.75) is 71.0 Å². The summed E-state index contributed by atoms with van der Waals surface area (Å²) in [6, 6.07) is 6.37. The van der Waals surface area contributed by atoms with E-state index in [1.165, 1.54) is 24.8 Å². The molecule has 2 aliphatic heterocycles. The van der Waals surface area contributed by atoms with Crippen LogP contribution in [0.5, 0.6) is 0 Å². The Bertz CT molecular complexity index is 593. The summed E-state index contributed by atoms with van der Waals surface area (Å²) < 4.78 is 11.7. The van der Waals surface area contributed by atoms with E-state index < -0.39 is 5.79 Å². The van der Waals surface area contributed by atoms with Crippen molar-refractivity contribution in [3.8, 4) is 0 Å². The van der Waals surface area contributed by atoms with Gasteiger partial charge < -0.3 is 14.4 Å². The van der Waals surface area contributed by atoms with E-state index in [4.69, 9.17) is 9.47 Å². The number of anilines is 1. The molecule has 0 aliphatic carbocycles. The van der Waals surface area contributed by atoms with Crippen LogP contribution in [0.25, 0.3) is 0 Å². The second-order valence-corrected chi connectivity index (χ2v) is 7.14. The number of aryl methyl sites for hydroxylation is 1. The van der Waals surface area contributed by atoms with Gasteiger partial charge >= 0.3 is 0 Å². The van der Waals surface area contributed by atoms with Crippen LogP contribution in [-0.2, 0) is 26.5 Å². The topological polar surface area (TPSA) is 38.8 Å². The molecule has 3 rings (SSSR count). The fourth-order valence-electron chi connectivity index (χ4n) is 3.81. The number of nitrogens with zero attached hydrogens (tertiary/aromatic N) is 1. The average Bonchev–Trinajstić information content (AvgIpc) is 3.20. The number of hydrogen-bond donors (Lipinski definition) is 0. The van der Waals surface area contributed by atoms with Gasteiger partial charge in [0.05, 0.1) is 18.9 Å². The van der Waals surface area contributed by atoms with Crippen molar-refractivity contribution in [2.24, 2.45) is 0 Å². The third-order valence-electron chi connectivity index (χ3n) is 5.23. The van der Waals surface area contributed by atoms with Gasteiger partial charge in [-0.25, -0.2) is 0 Å². The molecule has 138 valence electrons. The maximum atomic E-state index is 13.1. The summed E-state index contributed by atoms with van der Waals surface area (Å²) in [5.74, 6) is -1.22. The summed E-state index contributed by atoms with van der Waals surface area (Å²) >= 11 is 0. The van der Waals surface area contributed by atoms with E-state index in [0.29, 0.717) is 13.2 Å². The Hall–Kier alpha value is -1.39. The van der Waals surface area contributed by atoms with Crippen molar-refractivity contribution in [2.75, 3.05) is 24.7 Å². The summed E-state index contributed by atoms with van der Waals surface area (Å²) in [6.45, 7) is 6.12. The first-order valence-corrected chi connectivity index (χ1v) is 9.96. The quantitative estimate of drug-likeness (QED) is 0.617. The lowest BCUT2D eigenvalue weighted by atomic mass is 10.0. The van der Waals surface area contributed by atoms with Crippen LogP contribution in [0.1, 0.15) is 69.9 Å². The molecule has 0 unspecified atom stereocenters. The number of unbranched alkanes of at least 4 members (excludes halogenated alkanes) is 5. The van der Waals surface area contributed by atoms with Gasteiger partial charge in [-0.05, 0) is 37.0 Å². The second-order valence-electron chi connectivity index (χ2n) is 7.14. The largest absolute Gasteiger partial charge is 0.336 e. The Morgan fingerprint density at radius 1 is 1.00 bits per heavy atom. The van der Waals surface area contributed by atoms with Crippen LogP contribution in [0.2, 0.25) is 0 Å². The van der Waals surface area contributed by atoms with E-state index >= 15 is 0 Å². The molecule has 1 spiro atoms. The molecule has 1 aromatic carbocycles. The van der Waals surface area contributed by atoms with Crippen LogP contribution < -0.4 is 4.90 Å². The van der Waals surface area contributed by atoms with Gasteiger partial charge in [-0.2, -0.15) is 0 Å². The van der Waals surface area contributed by atoms with E-state index in [0.717, 1.165) is 49.9 Å². The highest BCUT2D eigenvalue weighted by Gasteiger charge is 2.55. The van der Waals surface area contributed by atoms with E-state index in [9.17, 15) is 4.79 Å². The standard InChI is InChI=1S/C21H31NO3/c1-3-5-7-8-9-13-22-19-12-11-17(10-6-4-2)16-18(19)21(20(22)23)24-14-15-25-21/h11-12,16H,3-10,13-15H2,1-2H3. The van der Waals surface area contributed by atoms with Crippen LogP contribution in [0.4, 0.5) is 5.69 Å². The molecule has 1 aromatic rings. The SMILES string of the molecule is CCCCCCCN1C(=O)C2(OCCO2)c2cc(CCCC)ccc21. The van der Waals surface area contributed by atoms with Crippen molar-refractivity contribution >= 4 is 11.6 Å². The first kappa shape index (κ1) is 18.4. The summed E-state index contributed by atoms with van der Waals surface area (Å²) in [5, 5.41) is 0. The molecule has 2 heterocycles. The molecule has 0 bridgehead atoms. The molecule has 4 heteroatoms. The van der Waals surface area contributed by atoms with Crippen LogP contribution in [-0.4, -0.2) is 25.7 Å². The lowest BCUT2D eigenvalue weighted by molar-refractivity contribution is -0.180. The fraction of sp³-hybridized carbons (Fsp3) is 0.667. The smallest absolute Gasteiger partial charge is 0.292 e. The molecule has 2 aliphatic rings. The monoisotopic (exact) mass is 345 g/mol. The van der Waals surface area contributed by atoms with Crippen molar-refractivity contribution in [1.29, 1.82) is 0 Å². The van der Waals surface area contributed by atoms with Crippen molar-refractivity contribution in [1.82, 2.24) is 0 Å². The summed E-state index contributed by atoms with van der Waals surface area (Å²) in [5.41, 5.74) is 3.15. The van der Waals surface area contributed by atoms with E-state index in [1.807, 2.05) is 4.90 Å². The lowest BCUT2D eigenvalue weighted by Crippen LogP contribution is -2.41. The second kappa shape index (κ2) is 8.33. The fourth-order valence-corrected chi connectivity index (χ4v) is 3.81. The molecule has 1 saturated heterocycles. The molecule has 0 saturated carbocycles. The zero-order chi connectivity index (χ0) is 17.7. The summed E-state index contributed by atoms with van der Waals surface area (Å²) in [7, 11) is 0. The first-order valence-electron chi connectivity index (χ1n) is 9.96. The van der Waals surface area contributed by atoms with E-state index in [2.05, 4.69) is 32.0 Å². The molecular formula is C21H31NO3. The van der Waals surface area contributed by atoms with Crippen LogP contribution in [0.15, 0.2) is 18.2 Å². The zero-order valence-electron chi connectivity index (χ0n) is 15.7. The molecule has 4 nitrogen and oxygen atoms in total. The predicted molar refractivity (Wildman–Crippen MR) is 99.7 cm³/mol. The minimum Gasteiger partial charge on any atom is -0.336 e. The molecule has 25 heavy (non-hydrogen) atoms. The number of fused-ring (bicyclic) bond motifs is 2. The minimum absolute atomic E-state index is 0.0388. The van der Waals surface area contributed by atoms with E-state index in [-0.39, 0.29) is 5.91 Å². The van der Waals surface area contributed by atoms with Gasteiger partial charge in [0.2, 0.25) is 0 Å². The zero-order valence-corrected chi connectivity index (χ0v) is 15.7. The normalized spacial score (nSPS) is 18.3. The molecule has 0 aromatic heterocycles. The van der Waals surface area contributed by atoms with Crippen molar-refractivity contribution < 1.29 is 14.3 Å². The number of carbonyl (C=O) groups excluding carboxylic acids is 1. The molecule has 0 atom stereocenters. The van der Waals surface area contributed by atoms with Gasteiger partial charge in [-0.3, -0.25) is 4.79 Å². The Balaban J connectivity index is 1.79. The van der Waals surface area contributed by atoms with Gasteiger partial charge in [-0.15, -0.1) is 0 Å². The maximum Gasteiger partial charge on any atom is 0.292 e. The molecule has 1 amide bonds. The molecule has 0 N–H and O–H groups in total. The highest BCUT2D eigenvalue weighted by Crippen LogP contribution is 2.46. The van der Waals surface area contributed by atoms with Gasteiger partial charge in [0, 0.05) is 12.1 Å². The Morgan fingerprint density at radius 2 is 1.72 bits per heavy atom. The molecule has 1 fully saturated rings. The van der Waals surface area contributed by atoms with Crippen LogP contribution >= 0.6 is 0 Å². The van der Waals surface area contributed by atoms with Crippen molar-refractivity contribution in [3.63, 3.8) is 0 Å². The van der Waals surface area contributed by atoms with Gasteiger partial charge in [-0.1, -0.05) is 52.0 Å². The predicted octanol–water partition coefficient (Wildman–Crippen LogP) is 4.55. The molecular weight excluding hydrogens is 314 g/mol. The maximum absolute atomic E-state index is 13.1. The number of benzene rings is 1. The number of hydrogen-bond acceptors (Lipinski definition) is 3. The number of ether oxygens (including phenoxy) is 2. The van der Waals surface area contributed by atoms with E-state index in [1.54, 1.807) is 0 Å². The number of amides is 1. The third-order valence-corrected chi connectivity index (χ3v) is 5.23. The Morgan fingerprint density at radius 3 is 2.44 bits per heavy atom. The van der Waals surface area contributed by atoms with Crippen molar-refractivity contribution in [3.05, 3.63) is 29.3 Å². The Labute approximate surface area is 151 Å². The van der Waals surface area contributed by atoms with Crippen LogP contribution in [0.3, 0.4) is 0 Å². The van der Waals surface area contributed by atoms with Crippen LogP contribution in [0, 0.1) is 0 Å². The highest BCUT2D eigenvalue weighted by atomic mass is 16.7. The average molecular weight is 345 g/mol. The van der Waals surface area contributed by atoms with Gasteiger partial charge in [0.1, 0.15) is 0 Å². The summed E-state index contributed by atoms with van der Waals surface area (Å²) in [4.78, 5) is 15.0. The minimum atomic E-state index is -1.18. The number of carbonyl (C=O) groups is 1. The highest BCUT2D eigenvalue weighted by molar-refractivity contribution is 6.06. The first-order chi connectivity index (χ1) is 12.2. The lowest BCUT2D eigenvalue weighted by Gasteiger charge is -2.22. The Kier molecular flexibility index (Phi) is 6.13. The van der Waals surface area contributed by atoms with Gasteiger partial charge in [0.25, 0.3) is 11.7 Å². The molecule has 0 radical (unpaired) electrons. The summed E-state index contributed by atoms with van der Waals surface area (Å²) in [6.07, 6.45) is 9.28. The van der Waals surface area contributed by atoms with Gasteiger partial charge in [0.15, 0.2) is 0 Å². The number of rotatable bonds is 9.